The second-order valence-electron chi connectivity index (χ2n) is 5.50. The first-order chi connectivity index (χ1) is 12.8. The summed E-state index contributed by atoms with van der Waals surface area (Å²) in [6.45, 7) is -0.212. The van der Waals surface area contributed by atoms with Gasteiger partial charge >= 0.3 is 12.1 Å². The maximum atomic E-state index is 12.2. The van der Waals surface area contributed by atoms with Crippen LogP contribution in [0.4, 0.5) is 13.2 Å². The van der Waals surface area contributed by atoms with E-state index in [1.54, 1.807) is 17.4 Å². The minimum atomic E-state index is -4.96. The molecule has 1 amide bonds. The van der Waals surface area contributed by atoms with Gasteiger partial charge in [0.05, 0.1) is 12.6 Å². The van der Waals surface area contributed by atoms with Gasteiger partial charge in [0.15, 0.2) is 5.76 Å². The van der Waals surface area contributed by atoms with Gasteiger partial charge in [-0.2, -0.15) is 18.4 Å². The molecule has 11 heteroatoms. The number of H-pyrrole nitrogens is 1. The number of nitriles is 1. The molecule has 0 aliphatic heterocycles. The highest BCUT2D eigenvalue weighted by Gasteiger charge is 2.38. The smallest absolute Gasteiger partial charge is 0.463 e. The fourth-order valence-electron chi connectivity index (χ4n) is 2.72. The van der Waals surface area contributed by atoms with E-state index in [2.05, 4.69) is 9.97 Å². The molecule has 3 aromatic rings. The number of furan rings is 1. The number of fused-ring (bicyclic) bond motifs is 1. The van der Waals surface area contributed by atoms with Crippen molar-refractivity contribution >= 4 is 16.9 Å². The number of hydrogen-bond donors (Lipinski definition) is 2. The Morgan fingerprint density at radius 2 is 2.22 bits per heavy atom. The fourth-order valence-corrected chi connectivity index (χ4v) is 2.72. The predicted molar refractivity (Wildman–Crippen MR) is 86.5 cm³/mol. The minimum absolute atomic E-state index is 0.0567. The molecule has 0 aliphatic carbocycles. The molecule has 0 aromatic carbocycles. The predicted octanol–water partition coefficient (Wildman–Crippen LogP) is 1.92. The molecule has 0 saturated heterocycles. The van der Waals surface area contributed by atoms with E-state index in [1.807, 2.05) is 6.07 Å². The summed E-state index contributed by atoms with van der Waals surface area (Å²) in [6, 6.07) is 5.17. The molecule has 3 heterocycles. The Kier molecular flexibility index (Phi) is 4.72. The van der Waals surface area contributed by atoms with Gasteiger partial charge in [0.1, 0.15) is 28.4 Å². The third kappa shape index (κ3) is 3.41. The Labute approximate surface area is 149 Å². The van der Waals surface area contributed by atoms with Crippen LogP contribution in [0.25, 0.3) is 22.5 Å². The van der Waals surface area contributed by atoms with Crippen LogP contribution in [0.5, 0.6) is 0 Å². The van der Waals surface area contributed by atoms with E-state index in [0.29, 0.717) is 11.5 Å². The van der Waals surface area contributed by atoms with Crippen molar-refractivity contribution in [3.05, 3.63) is 40.6 Å². The van der Waals surface area contributed by atoms with Gasteiger partial charge in [-0.15, -0.1) is 0 Å². The highest BCUT2D eigenvalue weighted by atomic mass is 19.4. The molecule has 0 fully saturated rings. The lowest BCUT2D eigenvalue weighted by atomic mass is 10.2. The molecule has 0 bridgehead atoms. The van der Waals surface area contributed by atoms with Crippen LogP contribution in [-0.2, 0) is 11.3 Å². The summed E-state index contributed by atoms with van der Waals surface area (Å²) in [5.41, 5.74) is 0.164. The zero-order valence-corrected chi connectivity index (χ0v) is 13.6. The number of nitrogens with zero attached hydrogens (tertiary/aromatic N) is 3. The van der Waals surface area contributed by atoms with Gasteiger partial charge in [0.2, 0.25) is 0 Å². The molecule has 0 aliphatic rings. The number of halogens is 3. The molecule has 140 valence electrons. The van der Waals surface area contributed by atoms with Crippen molar-refractivity contribution in [1.29, 1.82) is 5.26 Å². The maximum absolute atomic E-state index is 12.2. The van der Waals surface area contributed by atoms with E-state index in [9.17, 15) is 28.0 Å². The van der Waals surface area contributed by atoms with E-state index >= 15 is 0 Å². The van der Waals surface area contributed by atoms with Crippen LogP contribution in [0.15, 0.2) is 33.9 Å². The lowest BCUT2D eigenvalue weighted by Gasteiger charge is -2.10. The van der Waals surface area contributed by atoms with Gasteiger partial charge in [0, 0.05) is 13.1 Å². The average Bonchev–Trinajstić information content (AvgIpc) is 3.23. The molecule has 2 N–H and O–H groups in total. The Morgan fingerprint density at radius 3 is 2.85 bits per heavy atom. The molecule has 0 atom stereocenters. The number of rotatable bonds is 5. The highest BCUT2D eigenvalue weighted by molar-refractivity contribution is 5.90. The minimum Gasteiger partial charge on any atom is -0.463 e. The second-order valence-corrected chi connectivity index (χ2v) is 5.50. The summed E-state index contributed by atoms with van der Waals surface area (Å²) in [5, 5.41) is 11.3. The number of carbonyl (C=O) groups excluding carboxylic acids is 1. The number of aromatic nitrogens is 3. The lowest BCUT2D eigenvalue weighted by Crippen LogP contribution is -2.37. The summed E-state index contributed by atoms with van der Waals surface area (Å²) >= 11 is 0. The first-order valence-electron chi connectivity index (χ1n) is 7.73. The zero-order chi connectivity index (χ0) is 19.6. The summed E-state index contributed by atoms with van der Waals surface area (Å²) in [5.74, 6) is -1.73. The summed E-state index contributed by atoms with van der Waals surface area (Å²) in [4.78, 5) is 29.6. The van der Waals surface area contributed by atoms with Crippen LogP contribution in [0.2, 0.25) is 0 Å². The van der Waals surface area contributed by atoms with Crippen LogP contribution < -0.4 is 10.9 Å². The van der Waals surface area contributed by atoms with Crippen LogP contribution in [0.3, 0.4) is 0 Å². The molecule has 0 unspecified atom stereocenters. The van der Waals surface area contributed by atoms with Crippen molar-refractivity contribution in [3.63, 3.8) is 0 Å². The van der Waals surface area contributed by atoms with Gasteiger partial charge in [-0.1, -0.05) is 0 Å². The third-order valence-corrected chi connectivity index (χ3v) is 3.81. The molecule has 27 heavy (non-hydrogen) atoms. The van der Waals surface area contributed by atoms with Crippen molar-refractivity contribution in [2.24, 2.45) is 0 Å². The summed E-state index contributed by atoms with van der Waals surface area (Å²) in [7, 11) is 0. The molecule has 3 aromatic heterocycles. The van der Waals surface area contributed by atoms with Crippen molar-refractivity contribution in [1.82, 2.24) is 19.9 Å². The Balaban J connectivity index is 1.97. The molecular formula is C16H12F3N5O3. The van der Waals surface area contributed by atoms with E-state index in [4.69, 9.17) is 4.42 Å². The lowest BCUT2D eigenvalue weighted by molar-refractivity contribution is -0.173. The molecule has 0 radical (unpaired) electrons. The largest absolute Gasteiger partial charge is 0.471 e. The molecule has 3 rings (SSSR count). The number of carbonyl (C=O) groups is 1. The van der Waals surface area contributed by atoms with Crippen molar-refractivity contribution < 1.29 is 22.4 Å². The Hall–Kier alpha value is -3.55. The second kappa shape index (κ2) is 6.99. The van der Waals surface area contributed by atoms with Gasteiger partial charge in [-0.25, -0.2) is 4.98 Å². The topological polar surface area (TPSA) is 117 Å². The van der Waals surface area contributed by atoms with E-state index < -0.39 is 17.6 Å². The number of aromatic amines is 1. The Morgan fingerprint density at radius 1 is 1.44 bits per heavy atom. The number of hydrogen-bond acceptors (Lipinski definition) is 5. The van der Waals surface area contributed by atoms with Crippen molar-refractivity contribution in [2.75, 3.05) is 6.54 Å². The first-order valence-corrected chi connectivity index (χ1v) is 7.73. The van der Waals surface area contributed by atoms with Crippen LogP contribution >= 0.6 is 0 Å². The SMILES string of the molecule is N#Cc1c(-c2ccco2)n(CCCNC(=O)C(F)(F)F)c2c(=O)[nH]cnc12. The third-order valence-electron chi connectivity index (χ3n) is 3.81. The van der Waals surface area contributed by atoms with E-state index in [-0.39, 0.29) is 36.1 Å². The highest BCUT2D eigenvalue weighted by Crippen LogP contribution is 2.31. The van der Waals surface area contributed by atoms with Crippen LogP contribution in [0, 0.1) is 11.3 Å². The molecule has 0 spiro atoms. The van der Waals surface area contributed by atoms with Crippen molar-refractivity contribution in [2.45, 2.75) is 19.1 Å². The molecular weight excluding hydrogens is 367 g/mol. The van der Waals surface area contributed by atoms with Gasteiger partial charge in [0.25, 0.3) is 5.56 Å². The summed E-state index contributed by atoms with van der Waals surface area (Å²) in [6.07, 6.45) is -2.34. The fraction of sp³-hybridized carbons (Fsp3) is 0.250. The van der Waals surface area contributed by atoms with E-state index in [1.165, 1.54) is 10.8 Å². The number of aryl methyl sites for hydroxylation is 1. The van der Waals surface area contributed by atoms with Gasteiger partial charge in [-0.3, -0.25) is 9.59 Å². The van der Waals surface area contributed by atoms with Gasteiger partial charge < -0.3 is 19.3 Å². The Bertz CT molecular complexity index is 1070. The molecule has 8 nitrogen and oxygen atoms in total. The number of amides is 1. The summed E-state index contributed by atoms with van der Waals surface area (Å²) < 4.78 is 43.5. The van der Waals surface area contributed by atoms with E-state index in [0.717, 1.165) is 6.33 Å². The zero-order valence-electron chi connectivity index (χ0n) is 13.6. The van der Waals surface area contributed by atoms with Crippen molar-refractivity contribution in [3.8, 4) is 17.5 Å². The molecule has 0 saturated carbocycles. The quantitative estimate of drug-likeness (QED) is 0.657. The number of nitrogens with one attached hydrogen (secondary N) is 2. The number of alkyl halides is 3. The monoisotopic (exact) mass is 379 g/mol. The van der Waals surface area contributed by atoms with Crippen LogP contribution in [-0.4, -0.2) is 33.2 Å². The average molecular weight is 379 g/mol. The first kappa shape index (κ1) is 18.2. The maximum Gasteiger partial charge on any atom is 0.471 e. The van der Waals surface area contributed by atoms with Crippen LogP contribution in [0.1, 0.15) is 12.0 Å². The van der Waals surface area contributed by atoms with Gasteiger partial charge in [-0.05, 0) is 18.6 Å². The standard InChI is InChI=1S/C16H12F3N5O3/c17-16(18,19)15(26)21-4-2-5-24-12(10-3-1-6-27-10)9(7-20)11-13(24)14(25)23-8-22-11/h1,3,6,8H,2,4-5H2,(H,21,26)(H,22,23,25). The normalized spacial score (nSPS) is 11.5.